The number of rotatable bonds is 5. The summed E-state index contributed by atoms with van der Waals surface area (Å²) in [5.41, 5.74) is 6.24. The van der Waals surface area contributed by atoms with Gasteiger partial charge in [-0.25, -0.2) is 0 Å². The molecule has 3 aliphatic carbocycles. The number of hydrazone groups is 1. The van der Waals surface area contributed by atoms with Crippen LogP contribution in [0.3, 0.4) is 0 Å². The first-order chi connectivity index (χ1) is 19.0. The van der Waals surface area contributed by atoms with E-state index in [0.717, 1.165) is 41.8 Å². The monoisotopic (exact) mass is 640 g/mol. The number of halogens is 2. The molecule has 192 valence electrons. The van der Waals surface area contributed by atoms with Crippen LogP contribution < -0.4 is 4.74 Å². The largest absolute Gasteiger partial charge is 0.487 e. The normalized spacial score (nSPS) is 22.7. The van der Waals surface area contributed by atoms with Crippen LogP contribution in [0.5, 0.6) is 5.75 Å². The highest BCUT2D eigenvalue weighted by molar-refractivity contribution is 9.11. The number of nitrogens with zero attached hydrogens (tertiary/aromatic N) is 2. The summed E-state index contributed by atoms with van der Waals surface area (Å²) in [6.45, 7) is 0.369. The van der Waals surface area contributed by atoms with E-state index in [4.69, 9.17) is 4.74 Å². The number of imide groups is 1. The highest BCUT2D eigenvalue weighted by atomic mass is 79.9. The summed E-state index contributed by atoms with van der Waals surface area (Å²) < 4.78 is 7.71. The standard InChI is InChI=1S/C32H22Br2N2O3/c33-20-14-19(30(25(34)15-20)39-17-18-8-2-1-3-9-18)16-35-36-31(37)28-26-21-10-4-5-11-22(21)27(29(28)32(36)38)24-13-7-6-12-23(24)26/h1-16,26-29H,17H2/b35-16-/t26?,27?,28-,29+. The molecule has 1 saturated heterocycles. The van der Waals surface area contributed by atoms with Gasteiger partial charge in [0.15, 0.2) is 0 Å². The second kappa shape index (κ2) is 9.57. The van der Waals surface area contributed by atoms with Gasteiger partial charge in [0.05, 0.1) is 22.5 Å². The minimum absolute atomic E-state index is 0.158. The van der Waals surface area contributed by atoms with Crippen molar-refractivity contribution in [3.05, 3.63) is 133 Å². The second-order valence-electron chi connectivity index (χ2n) is 10.1. The predicted molar refractivity (Wildman–Crippen MR) is 156 cm³/mol. The first-order valence-corrected chi connectivity index (χ1v) is 14.4. The lowest BCUT2D eigenvalue weighted by Gasteiger charge is -2.45. The molecular formula is C32H22Br2N2O3. The predicted octanol–water partition coefficient (Wildman–Crippen LogP) is 7.02. The molecule has 8 rings (SSSR count). The quantitative estimate of drug-likeness (QED) is 0.174. The summed E-state index contributed by atoms with van der Waals surface area (Å²) in [4.78, 5) is 27.7. The van der Waals surface area contributed by atoms with Gasteiger partial charge in [-0.3, -0.25) is 9.59 Å². The van der Waals surface area contributed by atoms with Crippen LogP contribution in [-0.4, -0.2) is 23.0 Å². The third-order valence-electron chi connectivity index (χ3n) is 8.00. The summed E-state index contributed by atoms with van der Waals surface area (Å²) in [6, 6.07) is 30.1. The number of carbonyl (C=O) groups is 2. The van der Waals surface area contributed by atoms with Gasteiger partial charge in [-0.15, -0.1) is 0 Å². The average Bonchev–Trinajstić information content (AvgIpc) is 3.21. The molecule has 1 aliphatic heterocycles. The van der Waals surface area contributed by atoms with E-state index >= 15 is 0 Å². The third-order valence-corrected chi connectivity index (χ3v) is 9.05. The van der Waals surface area contributed by atoms with Crippen molar-refractivity contribution in [2.24, 2.45) is 16.9 Å². The molecule has 39 heavy (non-hydrogen) atoms. The van der Waals surface area contributed by atoms with E-state index in [1.807, 2.05) is 66.7 Å². The smallest absolute Gasteiger partial charge is 0.254 e. The third kappa shape index (κ3) is 3.90. The van der Waals surface area contributed by atoms with Gasteiger partial charge < -0.3 is 4.74 Å². The molecule has 2 atom stereocenters. The molecule has 0 unspecified atom stereocenters. The van der Waals surface area contributed by atoms with E-state index in [0.29, 0.717) is 17.9 Å². The lowest BCUT2D eigenvalue weighted by molar-refractivity contribution is -0.139. The second-order valence-corrected chi connectivity index (χ2v) is 11.8. The lowest BCUT2D eigenvalue weighted by Crippen LogP contribution is -2.41. The van der Waals surface area contributed by atoms with Gasteiger partial charge in [0.1, 0.15) is 12.4 Å². The maximum Gasteiger partial charge on any atom is 0.254 e. The summed E-state index contributed by atoms with van der Waals surface area (Å²) >= 11 is 7.12. The molecule has 5 nitrogen and oxygen atoms in total. The Labute approximate surface area is 242 Å². The maximum absolute atomic E-state index is 13.9. The number of amides is 2. The number of hydrogen-bond acceptors (Lipinski definition) is 4. The molecule has 2 amide bonds. The Bertz CT molecular complexity index is 1550. The van der Waals surface area contributed by atoms with Crippen molar-refractivity contribution in [1.82, 2.24) is 5.01 Å². The van der Waals surface area contributed by atoms with Crippen LogP contribution in [0.4, 0.5) is 0 Å². The Morgan fingerprint density at radius 3 is 1.79 bits per heavy atom. The Hall–Kier alpha value is -3.55. The molecule has 0 spiro atoms. The van der Waals surface area contributed by atoms with E-state index in [9.17, 15) is 9.59 Å². The van der Waals surface area contributed by atoms with Crippen LogP contribution in [0.2, 0.25) is 0 Å². The van der Waals surface area contributed by atoms with Gasteiger partial charge in [-0.1, -0.05) is 94.8 Å². The van der Waals surface area contributed by atoms with Crippen molar-refractivity contribution < 1.29 is 14.3 Å². The van der Waals surface area contributed by atoms with Crippen molar-refractivity contribution in [1.29, 1.82) is 0 Å². The zero-order chi connectivity index (χ0) is 26.7. The van der Waals surface area contributed by atoms with Gasteiger partial charge in [0.25, 0.3) is 11.8 Å². The number of ether oxygens (including phenoxy) is 1. The molecule has 4 aromatic rings. The molecule has 2 bridgehead atoms. The van der Waals surface area contributed by atoms with E-state index in [1.54, 1.807) is 6.21 Å². The van der Waals surface area contributed by atoms with Crippen molar-refractivity contribution in [2.45, 2.75) is 18.4 Å². The van der Waals surface area contributed by atoms with E-state index in [1.165, 1.54) is 0 Å². The molecule has 0 saturated carbocycles. The molecule has 7 heteroatoms. The van der Waals surface area contributed by atoms with Crippen molar-refractivity contribution in [2.75, 3.05) is 0 Å². The van der Waals surface area contributed by atoms with Gasteiger partial charge in [0, 0.05) is 21.9 Å². The Balaban J connectivity index is 1.24. The van der Waals surface area contributed by atoms with Gasteiger partial charge in [-0.05, 0) is 55.9 Å². The van der Waals surface area contributed by atoms with Crippen molar-refractivity contribution in [3.8, 4) is 5.75 Å². The zero-order valence-electron chi connectivity index (χ0n) is 20.6. The molecule has 4 aromatic carbocycles. The molecule has 4 aliphatic rings. The minimum atomic E-state index is -0.465. The van der Waals surface area contributed by atoms with Crippen molar-refractivity contribution in [3.63, 3.8) is 0 Å². The highest BCUT2D eigenvalue weighted by Gasteiger charge is 2.61. The van der Waals surface area contributed by atoms with Crippen LogP contribution in [0.15, 0.2) is 105 Å². The highest BCUT2D eigenvalue weighted by Crippen LogP contribution is 2.61. The number of benzene rings is 4. The first kappa shape index (κ1) is 24.5. The number of carbonyl (C=O) groups excluding carboxylic acids is 2. The summed E-state index contributed by atoms with van der Waals surface area (Å²) in [7, 11) is 0. The SMILES string of the molecule is O=C1[C@@H]2C3c4ccccc4C(c4ccccc43)[C@@H]2C(=O)N1/N=C\c1cc(Br)cc(Br)c1OCc1ccccc1. The van der Waals surface area contributed by atoms with Crippen LogP contribution >= 0.6 is 31.9 Å². The fraction of sp³-hybridized carbons (Fsp3) is 0.156. The fourth-order valence-corrected chi connectivity index (χ4v) is 7.83. The van der Waals surface area contributed by atoms with Gasteiger partial charge >= 0.3 is 0 Å². The van der Waals surface area contributed by atoms with E-state index in [-0.39, 0.29) is 23.7 Å². The molecule has 1 fully saturated rings. The van der Waals surface area contributed by atoms with Crippen LogP contribution in [-0.2, 0) is 16.2 Å². The van der Waals surface area contributed by atoms with E-state index in [2.05, 4.69) is 61.2 Å². The molecule has 0 N–H and O–H groups in total. The van der Waals surface area contributed by atoms with Gasteiger partial charge in [-0.2, -0.15) is 10.1 Å². The fourth-order valence-electron chi connectivity index (χ4n) is 6.45. The average molecular weight is 642 g/mol. The summed E-state index contributed by atoms with van der Waals surface area (Å²) in [6.07, 6.45) is 1.55. The first-order valence-electron chi connectivity index (χ1n) is 12.8. The molecule has 0 radical (unpaired) electrons. The maximum atomic E-state index is 13.9. The lowest BCUT2D eigenvalue weighted by atomic mass is 9.55. The molecule has 1 heterocycles. The number of hydrogen-bond donors (Lipinski definition) is 0. The van der Waals surface area contributed by atoms with Gasteiger partial charge in [0.2, 0.25) is 0 Å². The Morgan fingerprint density at radius 1 is 0.744 bits per heavy atom. The summed E-state index contributed by atoms with van der Waals surface area (Å²) in [5.74, 6) is -1.16. The summed E-state index contributed by atoms with van der Waals surface area (Å²) in [5, 5.41) is 5.57. The van der Waals surface area contributed by atoms with Crippen LogP contribution in [0, 0.1) is 11.8 Å². The van der Waals surface area contributed by atoms with E-state index < -0.39 is 11.8 Å². The Morgan fingerprint density at radius 2 is 1.26 bits per heavy atom. The Kier molecular flexibility index (Phi) is 6.01. The molecule has 0 aromatic heterocycles. The minimum Gasteiger partial charge on any atom is -0.487 e. The zero-order valence-corrected chi connectivity index (χ0v) is 23.8. The topological polar surface area (TPSA) is 59.0 Å². The molecular weight excluding hydrogens is 620 g/mol. The van der Waals surface area contributed by atoms with Crippen molar-refractivity contribution >= 4 is 49.9 Å². The van der Waals surface area contributed by atoms with Crippen LogP contribution in [0.25, 0.3) is 0 Å². The van der Waals surface area contributed by atoms with Crippen LogP contribution in [0.1, 0.15) is 45.2 Å².